The van der Waals surface area contributed by atoms with Crippen LogP contribution < -0.4 is 30.3 Å². The molecule has 6 atom stereocenters. The predicted octanol–water partition coefficient (Wildman–Crippen LogP) is 5.76. The molecule has 6 aromatic rings. The van der Waals surface area contributed by atoms with Gasteiger partial charge in [0.1, 0.15) is 30.9 Å². The molecule has 4 saturated heterocycles. The molecule has 0 spiro atoms. The Hall–Kier alpha value is -6.87. The lowest BCUT2D eigenvalue weighted by Crippen LogP contribution is -2.54. The maximum atomic E-state index is 14.2. The number of benzene rings is 2. The van der Waals surface area contributed by atoms with Crippen molar-refractivity contribution in [2.75, 3.05) is 87.7 Å². The number of likely N-dealkylation sites (tertiary alicyclic amines) is 1. The zero-order valence-corrected chi connectivity index (χ0v) is 43.2. The van der Waals surface area contributed by atoms with Crippen LogP contribution >= 0.6 is 11.3 Å². The summed E-state index contributed by atoms with van der Waals surface area (Å²) in [4.78, 5) is 49.0. The number of β-amino-alcohol motifs (C(OH)–C–C–N with tert-alkyl or cyclic N) is 1. The van der Waals surface area contributed by atoms with Crippen LogP contribution in [0.2, 0.25) is 0 Å². The number of nitrogens with zero attached hydrogens (tertiary/aromatic N) is 10. The number of aliphatic hydroxyl groups is 1. The summed E-state index contributed by atoms with van der Waals surface area (Å²) >= 11 is 1.59. The molecule has 8 heterocycles. The largest absolute Gasteiger partial charge is 0.507 e. The third-order valence-corrected chi connectivity index (χ3v) is 16.0. The fourth-order valence-electron chi connectivity index (χ4n) is 11.0. The van der Waals surface area contributed by atoms with E-state index in [1.54, 1.807) is 29.5 Å². The number of amides is 2. The van der Waals surface area contributed by atoms with Crippen molar-refractivity contribution in [2.45, 2.75) is 83.1 Å². The van der Waals surface area contributed by atoms with Gasteiger partial charge in [0.15, 0.2) is 11.6 Å². The average Bonchev–Trinajstić information content (AvgIpc) is 4.20. The minimum Gasteiger partial charge on any atom is -0.507 e. The topological polar surface area (TPSA) is 225 Å². The molecule has 0 aliphatic carbocycles. The second kappa shape index (κ2) is 22.3. The van der Waals surface area contributed by atoms with E-state index in [0.717, 1.165) is 91.7 Å². The van der Waals surface area contributed by atoms with E-state index >= 15 is 0 Å². The van der Waals surface area contributed by atoms with E-state index in [4.69, 9.17) is 19.7 Å². The number of hydrogen-bond donors (Lipinski definition) is 4. The van der Waals surface area contributed by atoms with E-state index in [2.05, 4.69) is 62.4 Å². The van der Waals surface area contributed by atoms with E-state index in [1.807, 2.05) is 81.9 Å². The number of anilines is 3. The number of piperazine rings is 2. The number of carbonyl (C=O) groups excluding carboxylic acids is 2. The van der Waals surface area contributed by atoms with Gasteiger partial charge < -0.3 is 50.0 Å². The van der Waals surface area contributed by atoms with E-state index in [0.29, 0.717) is 54.4 Å². The Morgan fingerprint density at radius 1 is 0.878 bits per heavy atom. The smallest absolute Gasteiger partial charge is 0.254 e. The normalized spacial score (nSPS) is 21.0. The molecular weight excluding hydrogens is 961 g/mol. The SMILES string of the molecule is Cc1ncsc1-c1ccc(C(C)NC(=O)C2CC(O)CN2C(=O)C(c2cc(OCCN3CCN(CCOc4cc(N5C6CCC5CN(c5cc(-c7ccccc7O)nnc5N)C6)ccn4)CC3)no2)C(C)C)cc1. The zero-order valence-electron chi connectivity index (χ0n) is 42.4. The molecule has 6 unspecified atom stereocenters. The Morgan fingerprint density at radius 2 is 1.58 bits per heavy atom. The van der Waals surface area contributed by atoms with Crippen LogP contribution in [-0.2, 0) is 9.59 Å². The number of hydrogen-bond acceptors (Lipinski definition) is 18. The zero-order chi connectivity index (χ0) is 51.5. The van der Waals surface area contributed by atoms with Gasteiger partial charge in [0, 0.05) is 107 Å². The minimum absolute atomic E-state index is 0.0519. The van der Waals surface area contributed by atoms with E-state index in [1.165, 1.54) is 4.90 Å². The summed E-state index contributed by atoms with van der Waals surface area (Å²) in [6.07, 6.45) is 3.28. The summed E-state index contributed by atoms with van der Waals surface area (Å²) in [5, 5.41) is 37.0. The molecule has 4 fully saturated rings. The van der Waals surface area contributed by atoms with Crippen molar-refractivity contribution < 1.29 is 33.8 Å². The first-order valence-corrected chi connectivity index (χ1v) is 26.6. The number of aromatic hydroxyl groups is 1. The van der Waals surface area contributed by atoms with Crippen molar-refractivity contribution in [3.8, 4) is 39.2 Å². The van der Waals surface area contributed by atoms with E-state index in [-0.39, 0.29) is 54.6 Å². The highest BCUT2D eigenvalue weighted by Gasteiger charge is 2.44. The first kappa shape index (κ1) is 50.7. The number of phenols is 1. The van der Waals surface area contributed by atoms with Crippen LogP contribution in [0.4, 0.5) is 17.2 Å². The van der Waals surface area contributed by atoms with Crippen molar-refractivity contribution in [3.05, 3.63) is 102 Å². The lowest BCUT2D eigenvalue weighted by Gasteiger charge is -2.43. The number of aryl methyl sites for hydroxylation is 1. The molecular formula is C54H66N12O7S. The lowest BCUT2D eigenvalue weighted by molar-refractivity contribution is -0.141. The molecule has 2 amide bonds. The number of aromatic nitrogens is 5. The molecule has 74 heavy (non-hydrogen) atoms. The standard InChI is InChI=1S/C54H66N12O7S/c1-33(2)50(54(70)65-31-41(67)26-45(65)53(69)58-34(3)36-9-11-37(12-10-36)51-35(4)57-32-74-51)47-28-49(61-73-47)72-24-22-63-19-17-62(18-20-63)21-23-71-48-25-38(15-16-56-48)66-39-13-14-40(66)30-64(29-39)44-27-43(59-60-52(44)55)42-7-5-6-8-46(42)68/h5-12,15-16,25,27-28,32-34,39-41,45,50,67-68H,13-14,17-24,26,29-31H2,1-4H3,(H2,55,60)(H,58,69). The van der Waals surface area contributed by atoms with Gasteiger partial charge in [-0.05, 0) is 73.2 Å². The van der Waals surface area contributed by atoms with Crippen LogP contribution in [0.1, 0.15) is 69.0 Å². The van der Waals surface area contributed by atoms with Crippen LogP contribution in [0, 0.1) is 12.8 Å². The van der Waals surface area contributed by atoms with Crippen molar-refractivity contribution in [1.82, 2.24) is 45.3 Å². The Kier molecular flexibility index (Phi) is 15.3. The first-order chi connectivity index (χ1) is 35.9. The van der Waals surface area contributed by atoms with Gasteiger partial charge in [-0.3, -0.25) is 19.4 Å². The van der Waals surface area contributed by atoms with Gasteiger partial charge in [-0.2, -0.15) is 0 Å². The fourth-order valence-corrected chi connectivity index (χ4v) is 11.8. The van der Waals surface area contributed by atoms with Gasteiger partial charge >= 0.3 is 0 Å². The second-order valence-corrected chi connectivity index (χ2v) is 21.1. The molecule has 390 valence electrons. The summed E-state index contributed by atoms with van der Waals surface area (Å²) in [6, 6.07) is 22.3. The Balaban J connectivity index is 0.655. The van der Waals surface area contributed by atoms with E-state index in [9.17, 15) is 19.8 Å². The van der Waals surface area contributed by atoms with Gasteiger partial charge in [0.2, 0.25) is 17.7 Å². The van der Waals surface area contributed by atoms with Gasteiger partial charge in [-0.15, -0.1) is 21.5 Å². The quantitative estimate of drug-likeness (QED) is 0.0803. The number of pyridine rings is 1. The number of carbonyl (C=O) groups is 2. The second-order valence-electron chi connectivity index (χ2n) is 20.3. The van der Waals surface area contributed by atoms with Crippen LogP contribution in [0.3, 0.4) is 0 Å². The Labute approximate surface area is 435 Å². The van der Waals surface area contributed by atoms with Gasteiger partial charge in [0.25, 0.3) is 5.88 Å². The number of thiazole rings is 1. The maximum absolute atomic E-state index is 14.2. The molecule has 10 rings (SSSR count). The number of fused-ring (bicyclic) bond motifs is 2. The number of rotatable bonds is 18. The number of aliphatic hydroxyl groups excluding tert-OH is 1. The number of para-hydroxylation sites is 1. The highest BCUT2D eigenvalue weighted by molar-refractivity contribution is 7.13. The van der Waals surface area contributed by atoms with Crippen molar-refractivity contribution in [2.24, 2.45) is 5.92 Å². The van der Waals surface area contributed by atoms with Gasteiger partial charge in [-0.25, -0.2) is 9.97 Å². The predicted molar refractivity (Wildman–Crippen MR) is 282 cm³/mol. The molecule has 20 heteroatoms. The molecule has 2 aromatic carbocycles. The minimum atomic E-state index is -0.830. The molecule has 2 bridgehead atoms. The monoisotopic (exact) mass is 1030 g/mol. The highest BCUT2D eigenvalue weighted by Crippen LogP contribution is 2.40. The lowest BCUT2D eigenvalue weighted by atomic mass is 9.91. The van der Waals surface area contributed by atoms with Crippen LogP contribution in [0.15, 0.2) is 89.0 Å². The van der Waals surface area contributed by atoms with Crippen LogP contribution in [0.25, 0.3) is 21.7 Å². The maximum Gasteiger partial charge on any atom is 0.254 e. The number of phenolic OH excluding ortho intramolecular Hbond substituents is 1. The third-order valence-electron chi connectivity index (χ3n) is 15.0. The molecule has 0 saturated carbocycles. The number of ether oxygens (including phenoxy) is 2. The molecule has 4 aliphatic rings. The molecule has 4 aliphatic heterocycles. The Morgan fingerprint density at radius 3 is 2.26 bits per heavy atom. The first-order valence-electron chi connectivity index (χ1n) is 25.7. The average molecular weight is 1030 g/mol. The van der Waals surface area contributed by atoms with Crippen molar-refractivity contribution in [1.29, 1.82) is 0 Å². The van der Waals surface area contributed by atoms with Crippen molar-refractivity contribution in [3.63, 3.8) is 0 Å². The highest BCUT2D eigenvalue weighted by atomic mass is 32.1. The summed E-state index contributed by atoms with van der Waals surface area (Å²) in [5.41, 5.74) is 14.3. The molecule has 4 aromatic heterocycles. The third kappa shape index (κ3) is 11.1. The Bertz CT molecular complexity index is 2880. The summed E-state index contributed by atoms with van der Waals surface area (Å²) < 4.78 is 18.0. The van der Waals surface area contributed by atoms with Gasteiger partial charge in [0.05, 0.1) is 39.6 Å². The summed E-state index contributed by atoms with van der Waals surface area (Å²) in [6.45, 7) is 15.3. The van der Waals surface area contributed by atoms with Crippen LogP contribution in [-0.4, -0.2) is 158 Å². The fraction of sp³-hybridized carbons (Fsp3) is 0.463. The van der Waals surface area contributed by atoms with E-state index < -0.39 is 18.1 Å². The molecule has 19 nitrogen and oxygen atoms in total. The van der Waals surface area contributed by atoms with Gasteiger partial charge in [-0.1, -0.05) is 50.2 Å². The van der Waals surface area contributed by atoms with Crippen LogP contribution in [0.5, 0.6) is 17.5 Å². The number of nitrogen functional groups attached to an aromatic ring is 1. The summed E-state index contributed by atoms with van der Waals surface area (Å²) in [7, 11) is 0. The number of nitrogens with two attached hydrogens (primary N) is 1. The molecule has 0 radical (unpaired) electrons. The number of nitrogens with one attached hydrogen (secondary N) is 1. The van der Waals surface area contributed by atoms with Crippen molar-refractivity contribution >= 4 is 40.3 Å². The molecule has 5 N–H and O–H groups in total. The summed E-state index contributed by atoms with van der Waals surface area (Å²) in [5.74, 6) is 0.300.